The van der Waals surface area contributed by atoms with Gasteiger partial charge >= 0.3 is 0 Å². The lowest BCUT2D eigenvalue weighted by Gasteiger charge is -2.31. The van der Waals surface area contributed by atoms with Gasteiger partial charge in [-0.25, -0.2) is 0 Å². The zero-order chi connectivity index (χ0) is 23.6. The average Bonchev–Trinajstić information content (AvgIpc) is 3.23. The topological polar surface area (TPSA) is 35.6 Å². The van der Waals surface area contributed by atoms with E-state index in [9.17, 15) is 4.79 Å². The summed E-state index contributed by atoms with van der Waals surface area (Å²) >= 11 is 0. The SMILES string of the molecule is CN(C)c1ccc([C@@H](CNC(=O)c2ccc(C(C)(C)C)cc2)N2CCc3ccccc32)cc1. The van der Waals surface area contributed by atoms with Gasteiger partial charge in [0, 0.05) is 44.1 Å². The molecule has 4 nitrogen and oxygen atoms in total. The van der Waals surface area contributed by atoms with Crippen molar-refractivity contribution in [2.24, 2.45) is 0 Å². The van der Waals surface area contributed by atoms with E-state index in [4.69, 9.17) is 0 Å². The number of amides is 1. The fraction of sp³-hybridized carbons (Fsp3) is 0.345. The minimum atomic E-state index is -0.0298. The van der Waals surface area contributed by atoms with Crippen LogP contribution in [0.2, 0.25) is 0 Å². The Morgan fingerprint density at radius 2 is 1.64 bits per heavy atom. The number of fused-ring (bicyclic) bond motifs is 1. The third-order valence-corrected chi connectivity index (χ3v) is 6.56. The second-order valence-electron chi connectivity index (χ2n) is 10.1. The van der Waals surface area contributed by atoms with Crippen LogP contribution in [0.1, 0.15) is 53.9 Å². The first kappa shape index (κ1) is 22.9. The smallest absolute Gasteiger partial charge is 0.251 e. The fourth-order valence-electron chi connectivity index (χ4n) is 4.50. The maximum absolute atomic E-state index is 13.0. The lowest BCUT2D eigenvalue weighted by atomic mass is 9.87. The van der Waals surface area contributed by atoms with Crippen LogP contribution in [0.5, 0.6) is 0 Å². The number of nitrogens with zero attached hydrogens (tertiary/aromatic N) is 2. The standard InChI is InChI=1S/C29H35N3O/c1-29(2,3)24-14-10-23(11-15-24)28(33)30-20-27(22-12-16-25(17-13-22)31(4)5)32-19-18-21-8-6-7-9-26(21)32/h6-17,27H,18-20H2,1-5H3,(H,30,33)/t27-/m1/s1. The highest BCUT2D eigenvalue weighted by Crippen LogP contribution is 2.35. The maximum Gasteiger partial charge on any atom is 0.251 e. The molecule has 1 heterocycles. The molecule has 1 atom stereocenters. The number of rotatable bonds is 6. The molecule has 3 aromatic carbocycles. The van der Waals surface area contributed by atoms with E-state index in [1.54, 1.807) is 0 Å². The Balaban J connectivity index is 1.56. The Morgan fingerprint density at radius 1 is 0.970 bits per heavy atom. The molecular formula is C29H35N3O. The molecule has 0 aromatic heterocycles. The van der Waals surface area contributed by atoms with Crippen LogP contribution < -0.4 is 15.1 Å². The molecule has 0 radical (unpaired) electrons. The minimum Gasteiger partial charge on any atom is -0.378 e. The van der Waals surface area contributed by atoms with Crippen LogP contribution in [0.3, 0.4) is 0 Å². The second kappa shape index (κ2) is 9.30. The summed E-state index contributed by atoms with van der Waals surface area (Å²) in [6.45, 7) is 8.05. The number of nitrogens with one attached hydrogen (secondary N) is 1. The number of hydrogen-bond acceptors (Lipinski definition) is 3. The normalized spacial score (nSPS) is 14.0. The quantitative estimate of drug-likeness (QED) is 0.542. The number of benzene rings is 3. The summed E-state index contributed by atoms with van der Waals surface area (Å²) in [6.07, 6.45) is 1.03. The van der Waals surface area contributed by atoms with Crippen molar-refractivity contribution in [1.29, 1.82) is 0 Å². The Hall–Kier alpha value is -3.27. The average molecular weight is 442 g/mol. The lowest BCUT2D eigenvalue weighted by molar-refractivity contribution is 0.0951. The van der Waals surface area contributed by atoms with Crippen LogP contribution in [0, 0.1) is 0 Å². The molecule has 172 valence electrons. The first-order valence-electron chi connectivity index (χ1n) is 11.7. The largest absolute Gasteiger partial charge is 0.378 e. The Kier molecular flexibility index (Phi) is 6.46. The van der Waals surface area contributed by atoms with Crippen LogP contribution in [-0.2, 0) is 11.8 Å². The third kappa shape index (κ3) is 5.05. The van der Waals surface area contributed by atoms with Gasteiger partial charge in [-0.1, -0.05) is 63.2 Å². The predicted octanol–water partition coefficient (Wildman–Crippen LogP) is 5.58. The molecule has 0 fully saturated rings. The molecule has 0 spiro atoms. The highest BCUT2D eigenvalue weighted by atomic mass is 16.1. The summed E-state index contributed by atoms with van der Waals surface area (Å²) < 4.78 is 0. The summed E-state index contributed by atoms with van der Waals surface area (Å²) in [5.41, 5.74) is 7.02. The summed E-state index contributed by atoms with van der Waals surface area (Å²) in [5.74, 6) is -0.0298. The monoisotopic (exact) mass is 441 g/mol. The third-order valence-electron chi connectivity index (χ3n) is 6.56. The number of carbonyl (C=O) groups is 1. The van der Waals surface area contributed by atoms with Crippen LogP contribution in [0.15, 0.2) is 72.8 Å². The summed E-state index contributed by atoms with van der Waals surface area (Å²) in [7, 11) is 4.10. The molecule has 1 aliphatic heterocycles. The molecule has 0 aliphatic carbocycles. The van der Waals surface area contributed by atoms with Crippen LogP contribution in [0.4, 0.5) is 11.4 Å². The van der Waals surface area contributed by atoms with E-state index >= 15 is 0 Å². The number of hydrogen-bond donors (Lipinski definition) is 1. The van der Waals surface area contributed by atoms with Crippen molar-refractivity contribution in [2.75, 3.05) is 37.0 Å². The van der Waals surface area contributed by atoms with Gasteiger partial charge in [-0.05, 0) is 58.9 Å². The highest BCUT2D eigenvalue weighted by molar-refractivity contribution is 5.94. The first-order chi connectivity index (χ1) is 15.7. The lowest BCUT2D eigenvalue weighted by Crippen LogP contribution is -2.37. The Labute approximate surface area is 198 Å². The van der Waals surface area contributed by atoms with Crippen molar-refractivity contribution in [1.82, 2.24) is 5.32 Å². The van der Waals surface area contributed by atoms with Gasteiger partial charge in [0.05, 0.1) is 6.04 Å². The molecule has 4 heteroatoms. The first-order valence-corrected chi connectivity index (χ1v) is 11.7. The van der Waals surface area contributed by atoms with E-state index in [1.165, 1.54) is 28.1 Å². The fourth-order valence-corrected chi connectivity index (χ4v) is 4.50. The molecular weight excluding hydrogens is 406 g/mol. The van der Waals surface area contributed by atoms with Gasteiger partial charge in [0.25, 0.3) is 5.91 Å². The van der Waals surface area contributed by atoms with E-state index < -0.39 is 0 Å². The van der Waals surface area contributed by atoms with Crippen molar-refractivity contribution in [3.8, 4) is 0 Å². The molecule has 0 saturated carbocycles. The van der Waals surface area contributed by atoms with Crippen molar-refractivity contribution < 1.29 is 4.79 Å². The van der Waals surface area contributed by atoms with E-state index in [2.05, 4.69) is 96.6 Å². The van der Waals surface area contributed by atoms with Crippen LogP contribution in [-0.4, -0.2) is 33.1 Å². The van der Waals surface area contributed by atoms with Crippen molar-refractivity contribution >= 4 is 17.3 Å². The van der Waals surface area contributed by atoms with Gasteiger partial charge in [-0.2, -0.15) is 0 Å². The van der Waals surface area contributed by atoms with Crippen molar-refractivity contribution in [2.45, 2.75) is 38.6 Å². The molecule has 0 bridgehead atoms. The van der Waals surface area contributed by atoms with Gasteiger partial charge < -0.3 is 15.1 Å². The highest BCUT2D eigenvalue weighted by Gasteiger charge is 2.27. The molecule has 1 aliphatic rings. The molecule has 0 unspecified atom stereocenters. The van der Waals surface area contributed by atoms with E-state index in [-0.39, 0.29) is 17.4 Å². The van der Waals surface area contributed by atoms with Crippen LogP contribution in [0.25, 0.3) is 0 Å². The van der Waals surface area contributed by atoms with Gasteiger partial charge in [-0.15, -0.1) is 0 Å². The Morgan fingerprint density at radius 3 is 2.27 bits per heavy atom. The zero-order valence-electron chi connectivity index (χ0n) is 20.4. The van der Waals surface area contributed by atoms with Gasteiger partial charge in [-0.3, -0.25) is 4.79 Å². The van der Waals surface area contributed by atoms with Gasteiger partial charge in [0.2, 0.25) is 0 Å². The molecule has 1 N–H and O–H groups in total. The molecule has 0 saturated heterocycles. The molecule has 1 amide bonds. The number of anilines is 2. The van der Waals surface area contributed by atoms with E-state index in [0.717, 1.165) is 13.0 Å². The van der Waals surface area contributed by atoms with Gasteiger partial charge in [0.15, 0.2) is 0 Å². The van der Waals surface area contributed by atoms with Crippen LogP contribution >= 0.6 is 0 Å². The van der Waals surface area contributed by atoms with E-state index in [1.807, 2.05) is 26.2 Å². The minimum absolute atomic E-state index is 0.0298. The molecule has 33 heavy (non-hydrogen) atoms. The van der Waals surface area contributed by atoms with E-state index in [0.29, 0.717) is 12.1 Å². The van der Waals surface area contributed by atoms with Gasteiger partial charge in [0.1, 0.15) is 0 Å². The van der Waals surface area contributed by atoms with Crippen molar-refractivity contribution in [3.05, 3.63) is 95.1 Å². The molecule has 3 aromatic rings. The summed E-state index contributed by atoms with van der Waals surface area (Å²) in [4.78, 5) is 17.5. The number of carbonyl (C=O) groups excluding carboxylic acids is 1. The predicted molar refractivity (Wildman–Crippen MR) is 138 cm³/mol. The van der Waals surface area contributed by atoms with Crippen molar-refractivity contribution in [3.63, 3.8) is 0 Å². The number of para-hydroxylation sites is 1. The summed E-state index contributed by atoms with van der Waals surface area (Å²) in [5, 5.41) is 3.21. The summed E-state index contributed by atoms with van der Waals surface area (Å²) in [6, 6.07) is 25.3. The zero-order valence-corrected chi connectivity index (χ0v) is 20.4. The Bertz CT molecular complexity index is 1090. The molecule has 4 rings (SSSR count). The second-order valence-corrected chi connectivity index (χ2v) is 10.1. The maximum atomic E-state index is 13.0.